The minimum absolute atomic E-state index is 0. The largest absolute Gasteiger partial charge is 0.474 e. The van der Waals surface area contributed by atoms with E-state index in [1.807, 2.05) is 0 Å². The maximum absolute atomic E-state index is 13.6. The van der Waals surface area contributed by atoms with Gasteiger partial charge >= 0.3 is 6.18 Å². The number of carbonyl (C=O) groups is 1. The van der Waals surface area contributed by atoms with Gasteiger partial charge in [0.25, 0.3) is 5.91 Å². The number of benzene rings is 1. The Kier molecular flexibility index (Phi) is 7.14. The van der Waals surface area contributed by atoms with Gasteiger partial charge < -0.3 is 15.0 Å². The van der Waals surface area contributed by atoms with Gasteiger partial charge in [-0.2, -0.15) is 18.4 Å². The third kappa shape index (κ3) is 4.38. The summed E-state index contributed by atoms with van der Waals surface area (Å²) in [6, 6.07) is 8.26. The van der Waals surface area contributed by atoms with Crippen LogP contribution >= 0.6 is 24.6 Å². The fraction of sp³-hybridized carbons (Fsp3) is 0.417. The number of hydrogen-bond donors (Lipinski definition) is 1. The second kappa shape index (κ2) is 9.84. The Morgan fingerprint density at radius 2 is 1.86 bits per heavy atom. The maximum Gasteiger partial charge on any atom is 0.417 e. The molecule has 5 rings (SSSR count). The van der Waals surface area contributed by atoms with Crippen LogP contribution in [-0.2, 0) is 11.0 Å². The Morgan fingerprint density at radius 3 is 2.42 bits per heavy atom. The highest BCUT2D eigenvalue weighted by atomic mass is 35.5. The van der Waals surface area contributed by atoms with E-state index in [2.05, 4.69) is 10.3 Å². The highest BCUT2D eigenvalue weighted by molar-refractivity contribution is 7.81. The van der Waals surface area contributed by atoms with Gasteiger partial charge in [-0.15, -0.1) is 12.4 Å². The molecule has 1 aromatic carbocycles. The third-order valence-electron chi connectivity index (χ3n) is 6.83. The molecule has 12 heteroatoms. The number of nitrogens with zero attached hydrogens (tertiary/aromatic N) is 4. The molecule has 1 spiro atoms. The van der Waals surface area contributed by atoms with Crippen molar-refractivity contribution in [1.82, 2.24) is 10.3 Å². The number of nitrogens with one attached hydrogen (secondary N) is 1. The molecule has 3 aliphatic rings. The summed E-state index contributed by atoms with van der Waals surface area (Å²) in [5, 5.41) is 12.5. The van der Waals surface area contributed by atoms with Crippen molar-refractivity contribution < 1.29 is 22.7 Å². The number of anilines is 2. The number of alkyl halides is 3. The van der Waals surface area contributed by atoms with Crippen molar-refractivity contribution in [3.63, 3.8) is 0 Å². The fourth-order valence-electron chi connectivity index (χ4n) is 4.87. The lowest BCUT2D eigenvalue weighted by Gasteiger charge is -2.42. The number of piperidine rings is 1. The van der Waals surface area contributed by atoms with E-state index in [-0.39, 0.29) is 35.2 Å². The van der Waals surface area contributed by atoms with Gasteiger partial charge in [-0.3, -0.25) is 9.69 Å². The molecule has 7 nitrogen and oxygen atoms in total. The highest BCUT2D eigenvalue weighted by Crippen LogP contribution is 2.48. The summed E-state index contributed by atoms with van der Waals surface area (Å²) in [6.07, 6.45) is 0.540. The number of carbonyl (C=O) groups excluding carboxylic acids is 1. The van der Waals surface area contributed by atoms with Crippen molar-refractivity contribution >= 4 is 47.0 Å². The third-order valence-corrected chi connectivity index (χ3v) is 7.20. The van der Waals surface area contributed by atoms with Crippen LogP contribution in [0.15, 0.2) is 36.5 Å². The van der Waals surface area contributed by atoms with Crippen molar-refractivity contribution in [1.29, 1.82) is 5.26 Å². The van der Waals surface area contributed by atoms with Crippen LogP contribution in [0.4, 0.5) is 24.5 Å². The van der Waals surface area contributed by atoms with E-state index < -0.39 is 22.8 Å². The monoisotopic (exact) mass is 537 g/mol. The van der Waals surface area contributed by atoms with E-state index in [9.17, 15) is 18.0 Å². The summed E-state index contributed by atoms with van der Waals surface area (Å²) in [5.74, 6) is 0.0973. The molecule has 2 saturated heterocycles. The summed E-state index contributed by atoms with van der Waals surface area (Å²) >= 11 is 5.63. The maximum atomic E-state index is 13.6. The van der Waals surface area contributed by atoms with Gasteiger partial charge in [0, 0.05) is 6.07 Å². The lowest BCUT2D eigenvalue weighted by atomic mass is 9.75. The van der Waals surface area contributed by atoms with Crippen molar-refractivity contribution in [2.24, 2.45) is 0 Å². The first-order chi connectivity index (χ1) is 16.7. The van der Waals surface area contributed by atoms with Gasteiger partial charge in [-0.05, 0) is 81.7 Å². The second-order valence-electron chi connectivity index (χ2n) is 8.90. The van der Waals surface area contributed by atoms with Crippen molar-refractivity contribution in [2.75, 3.05) is 22.9 Å². The van der Waals surface area contributed by atoms with Gasteiger partial charge in [0.1, 0.15) is 11.6 Å². The van der Waals surface area contributed by atoms with Crippen molar-refractivity contribution in [3.05, 3.63) is 47.7 Å². The van der Waals surface area contributed by atoms with E-state index >= 15 is 0 Å². The first kappa shape index (κ1) is 26.1. The Hall–Kier alpha value is -2.94. The molecule has 0 bridgehead atoms. The number of ether oxygens (including phenoxy) is 1. The topological polar surface area (TPSA) is 81.5 Å². The number of pyridine rings is 1. The molecule has 1 N–H and O–H groups in total. The summed E-state index contributed by atoms with van der Waals surface area (Å²) in [4.78, 5) is 20.8. The number of thiocarbonyl (C=S) groups is 1. The number of nitriles is 1. The van der Waals surface area contributed by atoms with Crippen LogP contribution in [-0.4, -0.2) is 40.7 Å². The predicted molar refractivity (Wildman–Crippen MR) is 133 cm³/mol. The van der Waals surface area contributed by atoms with E-state index in [1.54, 1.807) is 29.3 Å². The van der Waals surface area contributed by atoms with Gasteiger partial charge in [-0.25, -0.2) is 4.98 Å². The molecule has 2 aromatic rings. The zero-order valence-corrected chi connectivity index (χ0v) is 20.7. The first-order valence-electron chi connectivity index (χ1n) is 11.4. The minimum atomic E-state index is -4.74. The number of hydrogen-bond acceptors (Lipinski definition) is 6. The molecule has 0 atom stereocenters. The fourth-order valence-corrected chi connectivity index (χ4v) is 5.34. The Morgan fingerprint density at radius 1 is 1.17 bits per heavy atom. The van der Waals surface area contributed by atoms with Crippen LogP contribution in [0.25, 0.3) is 0 Å². The van der Waals surface area contributed by atoms with Crippen LogP contribution in [0.1, 0.15) is 43.2 Å². The summed E-state index contributed by atoms with van der Waals surface area (Å²) < 4.78 is 46.6. The molecular weight excluding hydrogens is 515 g/mol. The number of halogens is 4. The number of aromatic nitrogens is 1. The average molecular weight is 538 g/mol. The van der Waals surface area contributed by atoms with Crippen LogP contribution in [0.5, 0.6) is 5.88 Å². The van der Waals surface area contributed by atoms with Gasteiger partial charge in [-0.1, -0.05) is 0 Å². The number of rotatable bonds is 4. The van der Waals surface area contributed by atoms with E-state index in [1.165, 1.54) is 6.07 Å². The SMILES string of the molecule is Cl.N#Cc1ccc(N2C(=O)C3(CCC3)N(c3ccc(OC4CCNCC4)nc3)C2=S)cc1C(F)(F)F. The lowest BCUT2D eigenvalue weighted by Crippen LogP contribution is -2.55. The van der Waals surface area contributed by atoms with E-state index in [0.717, 1.165) is 49.4 Å². The van der Waals surface area contributed by atoms with Crippen LogP contribution in [0.3, 0.4) is 0 Å². The van der Waals surface area contributed by atoms with Crippen LogP contribution < -0.4 is 19.9 Å². The highest BCUT2D eigenvalue weighted by Gasteiger charge is 2.59. The predicted octanol–water partition coefficient (Wildman–Crippen LogP) is 4.59. The molecule has 1 aromatic heterocycles. The van der Waals surface area contributed by atoms with E-state index in [0.29, 0.717) is 24.4 Å². The van der Waals surface area contributed by atoms with Gasteiger partial charge in [0.15, 0.2) is 5.11 Å². The molecule has 3 heterocycles. The Balaban J connectivity index is 0.00000304. The summed E-state index contributed by atoms with van der Waals surface area (Å²) in [5.41, 5.74) is -2.01. The molecule has 36 heavy (non-hydrogen) atoms. The quantitative estimate of drug-likeness (QED) is 0.571. The smallest absolute Gasteiger partial charge is 0.417 e. The normalized spacial score (nSPS) is 19.6. The Labute approximate surface area is 217 Å². The molecule has 0 unspecified atom stereocenters. The van der Waals surface area contributed by atoms with Crippen LogP contribution in [0, 0.1) is 11.3 Å². The molecule has 190 valence electrons. The molecular formula is C24H23ClF3N5O2S. The molecule has 1 saturated carbocycles. The lowest BCUT2D eigenvalue weighted by molar-refractivity contribution is -0.137. The second-order valence-corrected chi connectivity index (χ2v) is 9.27. The Bertz CT molecular complexity index is 1210. The van der Waals surface area contributed by atoms with Gasteiger partial charge in [0.05, 0.1) is 34.8 Å². The zero-order chi connectivity index (χ0) is 24.8. The van der Waals surface area contributed by atoms with Crippen LogP contribution in [0.2, 0.25) is 0 Å². The van der Waals surface area contributed by atoms with Gasteiger partial charge in [0.2, 0.25) is 5.88 Å². The average Bonchev–Trinajstić information content (AvgIpc) is 3.06. The molecule has 3 fully saturated rings. The van der Waals surface area contributed by atoms with Crippen molar-refractivity contribution in [2.45, 2.75) is 49.9 Å². The molecule has 1 aliphatic carbocycles. The minimum Gasteiger partial charge on any atom is -0.474 e. The molecule has 2 aliphatic heterocycles. The zero-order valence-electron chi connectivity index (χ0n) is 19.0. The first-order valence-corrected chi connectivity index (χ1v) is 11.8. The summed E-state index contributed by atoms with van der Waals surface area (Å²) in [7, 11) is 0. The van der Waals surface area contributed by atoms with Crippen molar-refractivity contribution in [3.8, 4) is 11.9 Å². The molecule has 0 radical (unpaired) electrons. The molecule has 1 amide bonds. The number of amides is 1. The summed E-state index contributed by atoms with van der Waals surface area (Å²) in [6.45, 7) is 1.77. The standard InChI is InChI=1S/C24H22F3N5O2S.ClH/c25-24(26,27)19-12-16(3-2-15(19)13-28)31-21(33)23(8-1-9-23)32(22(31)35)17-4-5-20(30-14-17)34-18-6-10-29-11-7-18;/h2-5,12,14,18,29H,1,6-11H2;1H. The van der Waals surface area contributed by atoms with E-state index in [4.69, 9.17) is 22.2 Å².